The van der Waals surface area contributed by atoms with Gasteiger partial charge in [-0.05, 0) is 76.7 Å². The Hall–Kier alpha value is -2.45. The molecule has 0 radical (unpaired) electrons. The molecule has 0 spiro atoms. The molecule has 0 bridgehead atoms. The van der Waals surface area contributed by atoms with Crippen LogP contribution in [0.25, 0.3) is 11.0 Å². The molecule has 1 fully saturated rings. The summed E-state index contributed by atoms with van der Waals surface area (Å²) in [6.07, 6.45) is -1.84. The predicted octanol–water partition coefficient (Wildman–Crippen LogP) is 5.96. The average Bonchev–Trinajstić information content (AvgIpc) is 3.21. The first-order valence-corrected chi connectivity index (χ1v) is 11.2. The Bertz CT molecular complexity index is 1100. The summed E-state index contributed by atoms with van der Waals surface area (Å²) in [5, 5.41) is 0. The van der Waals surface area contributed by atoms with Gasteiger partial charge in [-0.15, -0.1) is 0 Å². The zero-order valence-electron chi connectivity index (χ0n) is 19.1. The third-order valence-electron chi connectivity index (χ3n) is 6.87. The van der Waals surface area contributed by atoms with Gasteiger partial charge in [0.05, 0.1) is 35.6 Å². The van der Waals surface area contributed by atoms with Crippen molar-refractivity contribution < 1.29 is 22.3 Å². The number of nitrogens with zero attached hydrogens (tertiary/aromatic N) is 3. The summed E-state index contributed by atoms with van der Waals surface area (Å²) in [4.78, 5) is 6.63. The summed E-state index contributed by atoms with van der Waals surface area (Å²) in [5.74, 6) is -0.297. The second-order valence-corrected chi connectivity index (χ2v) is 9.01. The monoisotopic (exact) mass is 463 g/mol. The van der Waals surface area contributed by atoms with Gasteiger partial charge in [0.1, 0.15) is 5.82 Å². The molecular formula is C25H29F4N3O. The molecule has 178 valence electrons. The number of piperidine rings is 1. The number of rotatable bonds is 6. The SMILES string of the molecule is CCn1cnc2c(C(C)OCC3(c4ccc(F)cc4)CCN(C)CC3)cc(C(F)(F)F)cc21. The predicted molar refractivity (Wildman–Crippen MR) is 120 cm³/mol. The van der Waals surface area contributed by atoms with E-state index in [-0.39, 0.29) is 11.2 Å². The Morgan fingerprint density at radius 1 is 1.12 bits per heavy atom. The van der Waals surface area contributed by atoms with E-state index in [9.17, 15) is 17.6 Å². The molecule has 3 aromatic rings. The van der Waals surface area contributed by atoms with Crippen LogP contribution in [0.2, 0.25) is 0 Å². The topological polar surface area (TPSA) is 30.3 Å². The Labute approximate surface area is 191 Å². The largest absolute Gasteiger partial charge is 0.416 e. The number of likely N-dealkylation sites (tertiary alicyclic amines) is 1. The molecule has 1 saturated heterocycles. The van der Waals surface area contributed by atoms with E-state index < -0.39 is 17.8 Å². The average molecular weight is 464 g/mol. The second-order valence-electron chi connectivity index (χ2n) is 9.01. The third-order valence-corrected chi connectivity index (χ3v) is 6.87. The first kappa shape index (κ1) is 23.7. The van der Waals surface area contributed by atoms with Gasteiger partial charge < -0.3 is 14.2 Å². The van der Waals surface area contributed by atoms with E-state index in [1.165, 1.54) is 12.1 Å². The van der Waals surface area contributed by atoms with Gasteiger partial charge in [0.2, 0.25) is 0 Å². The van der Waals surface area contributed by atoms with Crippen molar-refractivity contribution in [3.63, 3.8) is 0 Å². The fourth-order valence-corrected chi connectivity index (χ4v) is 4.66. The van der Waals surface area contributed by atoms with Gasteiger partial charge in [-0.2, -0.15) is 13.2 Å². The molecule has 4 nitrogen and oxygen atoms in total. The van der Waals surface area contributed by atoms with Crippen molar-refractivity contribution in [2.75, 3.05) is 26.7 Å². The van der Waals surface area contributed by atoms with Crippen LogP contribution in [0.15, 0.2) is 42.7 Å². The lowest BCUT2D eigenvalue weighted by Gasteiger charge is -2.41. The summed E-state index contributed by atoms with van der Waals surface area (Å²) in [6, 6.07) is 8.79. The van der Waals surface area contributed by atoms with Crippen LogP contribution in [0.4, 0.5) is 17.6 Å². The molecule has 1 aliphatic heterocycles. The quantitative estimate of drug-likeness (QED) is 0.423. The molecule has 33 heavy (non-hydrogen) atoms. The van der Waals surface area contributed by atoms with Gasteiger partial charge in [0, 0.05) is 17.5 Å². The Kier molecular flexibility index (Phi) is 6.51. The van der Waals surface area contributed by atoms with Gasteiger partial charge in [0.15, 0.2) is 0 Å². The van der Waals surface area contributed by atoms with E-state index in [2.05, 4.69) is 16.9 Å². The Morgan fingerprint density at radius 3 is 2.39 bits per heavy atom. The molecule has 1 aromatic heterocycles. The molecule has 2 aromatic carbocycles. The molecular weight excluding hydrogens is 434 g/mol. The maximum Gasteiger partial charge on any atom is 0.416 e. The van der Waals surface area contributed by atoms with E-state index in [1.54, 1.807) is 30.0 Å². The number of benzene rings is 2. The zero-order chi connectivity index (χ0) is 23.8. The number of imidazole rings is 1. The van der Waals surface area contributed by atoms with Crippen molar-refractivity contribution in [1.82, 2.24) is 14.5 Å². The minimum absolute atomic E-state index is 0.297. The van der Waals surface area contributed by atoms with E-state index >= 15 is 0 Å². The van der Waals surface area contributed by atoms with Crippen molar-refractivity contribution in [3.05, 3.63) is 65.2 Å². The molecule has 0 N–H and O–H groups in total. The molecule has 1 unspecified atom stereocenters. The third kappa shape index (κ3) is 4.77. The fraction of sp³-hybridized carbons (Fsp3) is 0.480. The lowest BCUT2D eigenvalue weighted by atomic mass is 9.73. The van der Waals surface area contributed by atoms with Crippen LogP contribution in [0.3, 0.4) is 0 Å². The van der Waals surface area contributed by atoms with Crippen LogP contribution in [-0.2, 0) is 22.9 Å². The van der Waals surface area contributed by atoms with Crippen molar-refractivity contribution in [2.45, 2.75) is 50.9 Å². The normalized spacial score (nSPS) is 18.0. The number of ether oxygens (including phenoxy) is 1. The van der Waals surface area contributed by atoms with Crippen LogP contribution >= 0.6 is 0 Å². The van der Waals surface area contributed by atoms with Crippen molar-refractivity contribution in [3.8, 4) is 0 Å². The molecule has 1 atom stereocenters. The van der Waals surface area contributed by atoms with Crippen molar-refractivity contribution in [2.24, 2.45) is 0 Å². The van der Waals surface area contributed by atoms with Crippen LogP contribution in [0, 0.1) is 5.82 Å². The lowest BCUT2D eigenvalue weighted by Crippen LogP contribution is -2.44. The van der Waals surface area contributed by atoms with Crippen LogP contribution in [-0.4, -0.2) is 41.2 Å². The van der Waals surface area contributed by atoms with Crippen LogP contribution in [0.1, 0.15) is 49.5 Å². The summed E-state index contributed by atoms with van der Waals surface area (Å²) < 4.78 is 62.4. The minimum Gasteiger partial charge on any atom is -0.373 e. The van der Waals surface area contributed by atoms with Crippen molar-refractivity contribution >= 4 is 11.0 Å². The number of hydrogen-bond donors (Lipinski definition) is 0. The zero-order valence-corrected chi connectivity index (χ0v) is 19.1. The molecule has 2 heterocycles. The molecule has 0 saturated carbocycles. The highest BCUT2D eigenvalue weighted by Crippen LogP contribution is 2.39. The maximum atomic E-state index is 13.6. The molecule has 0 amide bonds. The molecule has 1 aliphatic rings. The van der Waals surface area contributed by atoms with Crippen LogP contribution < -0.4 is 0 Å². The highest BCUT2D eigenvalue weighted by atomic mass is 19.4. The molecule has 8 heteroatoms. The maximum absolute atomic E-state index is 13.6. The summed E-state index contributed by atoms with van der Waals surface area (Å²) in [5.41, 5.74) is 1.37. The summed E-state index contributed by atoms with van der Waals surface area (Å²) >= 11 is 0. The van der Waals surface area contributed by atoms with Gasteiger partial charge in [-0.3, -0.25) is 0 Å². The smallest absolute Gasteiger partial charge is 0.373 e. The standard InChI is InChI=1S/C25H29F4N3O/c1-4-32-16-30-23-21(13-19(14-22(23)32)25(27,28)29)17(2)33-15-24(9-11-31(3)12-10-24)18-5-7-20(26)8-6-18/h5-8,13-14,16-17H,4,9-12,15H2,1-3H3. The van der Waals surface area contributed by atoms with E-state index in [0.29, 0.717) is 29.7 Å². The molecule has 4 rings (SSSR count). The number of alkyl halides is 3. The minimum atomic E-state index is -4.46. The summed E-state index contributed by atoms with van der Waals surface area (Å²) in [6.45, 7) is 6.22. The fourth-order valence-electron chi connectivity index (χ4n) is 4.66. The van der Waals surface area contributed by atoms with Gasteiger partial charge in [0.25, 0.3) is 0 Å². The van der Waals surface area contributed by atoms with Crippen LogP contribution in [0.5, 0.6) is 0 Å². The number of fused-ring (bicyclic) bond motifs is 1. The first-order valence-electron chi connectivity index (χ1n) is 11.2. The second kappa shape index (κ2) is 9.06. The number of hydrogen-bond acceptors (Lipinski definition) is 3. The first-order chi connectivity index (χ1) is 15.6. The van der Waals surface area contributed by atoms with E-state index in [0.717, 1.165) is 43.6 Å². The summed E-state index contributed by atoms with van der Waals surface area (Å²) in [7, 11) is 2.06. The van der Waals surface area contributed by atoms with Gasteiger partial charge in [-0.1, -0.05) is 12.1 Å². The lowest BCUT2D eigenvalue weighted by molar-refractivity contribution is -0.137. The number of aryl methyl sites for hydroxylation is 1. The van der Waals surface area contributed by atoms with E-state index in [4.69, 9.17) is 4.74 Å². The van der Waals surface area contributed by atoms with Gasteiger partial charge >= 0.3 is 6.18 Å². The number of aromatic nitrogens is 2. The Balaban J connectivity index is 1.66. The Morgan fingerprint density at radius 2 is 1.79 bits per heavy atom. The highest BCUT2D eigenvalue weighted by Gasteiger charge is 2.37. The molecule has 0 aliphatic carbocycles. The highest BCUT2D eigenvalue weighted by molar-refractivity contribution is 5.80. The van der Waals surface area contributed by atoms with E-state index in [1.807, 2.05) is 6.92 Å². The van der Waals surface area contributed by atoms with Crippen molar-refractivity contribution in [1.29, 1.82) is 0 Å². The number of halogens is 4. The van der Waals surface area contributed by atoms with Gasteiger partial charge in [-0.25, -0.2) is 9.37 Å².